The fraction of sp³-hybridized carbons (Fsp3) is 0. The minimum atomic E-state index is 0.794. The van der Waals surface area contributed by atoms with Gasteiger partial charge >= 0.3 is 0 Å². The number of fused-ring (bicyclic) bond motifs is 1. The Morgan fingerprint density at radius 3 is 2.87 bits per heavy atom. The molecule has 0 bridgehead atoms. The number of hydrogen-bond donors (Lipinski definition) is 1. The van der Waals surface area contributed by atoms with Crippen LogP contribution in [-0.2, 0) is 0 Å². The minimum absolute atomic E-state index is 0.794. The molecule has 0 radical (unpaired) electrons. The maximum absolute atomic E-state index is 4.45. The molecule has 0 unspecified atom stereocenters. The molecule has 0 aliphatic heterocycles. The van der Waals surface area contributed by atoms with Crippen molar-refractivity contribution in [2.75, 3.05) is 0 Å². The Morgan fingerprint density at radius 1 is 1.00 bits per heavy atom. The summed E-state index contributed by atoms with van der Waals surface area (Å²) in [7, 11) is 0. The Labute approximate surface area is 86.0 Å². The van der Waals surface area contributed by atoms with Gasteiger partial charge in [0, 0.05) is 12.4 Å². The van der Waals surface area contributed by atoms with Crippen LogP contribution in [0.25, 0.3) is 22.6 Å². The average molecular weight is 196 g/mol. The summed E-state index contributed by atoms with van der Waals surface area (Å²) in [6.07, 6.45) is 5.30. The lowest BCUT2D eigenvalue weighted by atomic mass is 10.3. The first kappa shape index (κ1) is 8.11. The van der Waals surface area contributed by atoms with Gasteiger partial charge in [-0.2, -0.15) is 0 Å². The van der Waals surface area contributed by atoms with Crippen LogP contribution in [0.5, 0.6) is 0 Å². The van der Waals surface area contributed by atoms with Crippen molar-refractivity contribution in [1.82, 2.24) is 19.9 Å². The van der Waals surface area contributed by atoms with E-state index < -0.39 is 0 Å². The summed E-state index contributed by atoms with van der Waals surface area (Å²) in [5, 5.41) is 0. The van der Waals surface area contributed by atoms with Crippen LogP contribution in [-0.4, -0.2) is 19.9 Å². The van der Waals surface area contributed by atoms with E-state index in [1.54, 1.807) is 12.4 Å². The molecule has 4 heteroatoms. The molecule has 0 aromatic carbocycles. The second kappa shape index (κ2) is 3.16. The van der Waals surface area contributed by atoms with E-state index in [9.17, 15) is 0 Å². The normalized spacial score (nSPS) is 10.7. The van der Waals surface area contributed by atoms with Crippen molar-refractivity contribution in [1.29, 1.82) is 0 Å². The van der Waals surface area contributed by atoms with Crippen LogP contribution < -0.4 is 0 Å². The van der Waals surface area contributed by atoms with Crippen LogP contribution in [0.2, 0.25) is 0 Å². The molecule has 0 spiro atoms. The quantitative estimate of drug-likeness (QED) is 0.647. The van der Waals surface area contributed by atoms with Crippen molar-refractivity contribution in [3.05, 3.63) is 42.9 Å². The first-order chi connectivity index (χ1) is 7.43. The Morgan fingerprint density at radius 2 is 2.00 bits per heavy atom. The Kier molecular flexibility index (Phi) is 1.71. The molecule has 72 valence electrons. The molecule has 0 aliphatic rings. The zero-order valence-electron chi connectivity index (χ0n) is 7.88. The number of aromatic amines is 1. The number of hydrogen-bond acceptors (Lipinski definition) is 3. The van der Waals surface area contributed by atoms with Crippen LogP contribution in [0.3, 0.4) is 0 Å². The summed E-state index contributed by atoms with van der Waals surface area (Å²) in [6, 6.07) is 7.63. The molecule has 15 heavy (non-hydrogen) atoms. The van der Waals surface area contributed by atoms with E-state index in [2.05, 4.69) is 19.9 Å². The largest absolute Gasteiger partial charge is 0.345 e. The maximum atomic E-state index is 4.45. The smallest absolute Gasteiger partial charge is 0.156 e. The number of nitrogens with zero attached hydrogens (tertiary/aromatic N) is 3. The predicted molar refractivity (Wildman–Crippen MR) is 57.1 cm³/mol. The van der Waals surface area contributed by atoms with Crippen molar-refractivity contribution in [2.45, 2.75) is 0 Å². The van der Waals surface area contributed by atoms with Crippen molar-refractivity contribution in [3.63, 3.8) is 0 Å². The van der Waals surface area contributed by atoms with E-state index in [-0.39, 0.29) is 0 Å². The highest BCUT2D eigenvalue weighted by atomic mass is 14.9. The molecule has 0 fully saturated rings. The maximum Gasteiger partial charge on any atom is 0.156 e. The summed E-state index contributed by atoms with van der Waals surface area (Å²) in [6.45, 7) is 0. The molecule has 3 heterocycles. The van der Waals surface area contributed by atoms with Gasteiger partial charge in [-0.05, 0) is 18.2 Å². The van der Waals surface area contributed by atoms with Crippen LogP contribution in [0.1, 0.15) is 0 Å². The number of pyridine rings is 1. The SMILES string of the molecule is c1ccc(-c2cnc3[nH]ccc3n2)nc1. The van der Waals surface area contributed by atoms with Crippen LogP contribution in [0.4, 0.5) is 0 Å². The van der Waals surface area contributed by atoms with Gasteiger partial charge in [0.2, 0.25) is 0 Å². The molecule has 4 nitrogen and oxygen atoms in total. The lowest BCUT2D eigenvalue weighted by Gasteiger charge is -1.98. The topological polar surface area (TPSA) is 54.5 Å². The monoisotopic (exact) mass is 196 g/mol. The van der Waals surface area contributed by atoms with Crippen molar-refractivity contribution in [2.24, 2.45) is 0 Å². The molecule has 3 rings (SSSR count). The molecule has 0 saturated carbocycles. The van der Waals surface area contributed by atoms with Gasteiger partial charge in [-0.15, -0.1) is 0 Å². The molecule has 3 aromatic heterocycles. The van der Waals surface area contributed by atoms with Crippen molar-refractivity contribution < 1.29 is 0 Å². The third-order valence-corrected chi connectivity index (χ3v) is 2.19. The molecule has 1 N–H and O–H groups in total. The average Bonchev–Trinajstić information content (AvgIpc) is 2.77. The molecular weight excluding hydrogens is 188 g/mol. The zero-order chi connectivity index (χ0) is 10.1. The number of nitrogens with one attached hydrogen (secondary N) is 1. The third kappa shape index (κ3) is 1.36. The molecule has 0 amide bonds. The zero-order valence-corrected chi connectivity index (χ0v) is 7.88. The van der Waals surface area contributed by atoms with Gasteiger partial charge in [0.15, 0.2) is 5.65 Å². The van der Waals surface area contributed by atoms with E-state index in [0.717, 1.165) is 22.6 Å². The second-order valence-corrected chi connectivity index (χ2v) is 3.18. The van der Waals surface area contributed by atoms with E-state index in [0.29, 0.717) is 0 Å². The van der Waals surface area contributed by atoms with Gasteiger partial charge in [0.05, 0.1) is 11.9 Å². The number of H-pyrrole nitrogens is 1. The van der Waals surface area contributed by atoms with Gasteiger partial charge < -0.3 is 4.98 Å². The Hall–Kier alpha value is -2.23. The fourth-order valence-corrected chi connectivity index (χ4v) is 1.47. The van der Waals surface area contributed by atoms with E-state index in [4.69, 9.17) is 0 Å². The molecule has 0 aliphatic carbocycles. The fourth-order valence-electron chi connectivity index (χ4n) is 1.47. The van der Waals surface area contributed by atoms with Gasteiger partial charge in [-0.3, -0.25) is 4.98 Å². The van der Waals surface area contributed by atoms with E-state index in [1.165, 1.54) is 0 Å². The summed E-state index contributed by atoms with van der Waals surface area (Å²) in [5.41, 5.74) is 3.30. The van der Waals surface area contributed by atoms with Crippen LogP contribution >= 0.6 is 0 Å². The van der Waals surface area contributed by atoms with Gasteiger partial charge in [-0.1, -0.05) is 6.07 Å². The van der Waals surface area contributed by atoms with Gasteiger partial charge in [0.25, 0.3) is 0 Å². The molecule has 3 aromatic rings. The Bertz CT molecular complexity index is 586. The summed E-state index contributed by atoms with van der Waals surface area (Å²) < 4.78 is 0. The summed E-state index contributed by atoms with van der Waals surface area (Å²) >= 11 is 0. The van der Waals surface area contributed by atoms with Gasteiger partial charge in [-0.25, -0.2) is 9.97 Å². The molecule has 0 atom stereocenters. The highest BCUT2D eigenvalue weighted by Gasteiger charge is 2.02. The van der Waals surface area contributed by atoms with Crippen molar-refractivity contribution >= 4 is 11.2 Å². The highest BCUT2D eigenvalue weighted by Crippen LogP contribution is 2.15. The lowest BCUT2D eigenvalue weighted by Crippen LogP contribution is -1.88. The molecular formula is C11H8N4. The lowest BCUT2D eigenvalue weighted by molar-refractivity contribution is 1.22. The summed E-state index contributed by atoms with van der Waals surface area (Å²) in [5.74, 6) is 0. The number of aromatic nitrogens is 4. The standard InChI is InChI=1S/C11H8N4/c1-2-5-12-8(3-1)10-7-14-11-9(15-10)4-6-13-11/h1-7H,(H,13,14). The molecule has 0 saturated heterocycles. The van der Waals surface area contributed by atoms with E-state index >= 15 is 0 Å². The van der Waals surface area contributed by atoms with Crippen LogP contribution in [0, 0.1) is 0 Å². The predicted octanol–water partition coefficient (Wildman–Crippen LogP) is 2.02. The first-order valence-corrected chi connectivity index (χ1v) is 4.65. The highest BCUT2D eigenvalue weighted by molar-refractivity contribution is 5.73. The third-order valence-electron chi connectivity index (χ3n) is 2.19. The first-order valence-electron chi connectivity index (χ1n) is 4.65. The van der Waals surface area contributed by atoms with E-state index in [1.807, 2.05) is 30.5 Å². The van der Waals surface area contributed by atoms with Crippen LogP contribution in [0.15, 0.2) is 42.9 Å². The minimum Gasteiger partial charge on any atom is -0.345 e. The van der Waals surface area contributed by atoms with Gasteiger partial charge in [0.1, 0.15) is 11.2 Å². The summed E-state index contributed by atoms with van der Waals surface area (Å²) in [4.78, 5) is 15.9. The van der Waals surface area contributed by atoms with Crippen molar-refractivity contribution in [3.8, 4) is 11.4 Å². The number of rotatable bonds is 1. The second-order valence-electron chi connectivity index (χ2n) is 3.18. The Balaban J connectivity index is 2.19.